The van der Waals surface area contributed by atoms with Gasteiger partial charge in [-0.2, -0.15) is 0 Å². The Morgan fingerprint density at radius 1 is 1.60 bits per heavy atom. The second-order valence-corrected chi connectivity index (χ2v) is 4.30. The van der Waals surface area contributed by atoms with Crippen molar-refractivity contribution < 1.29 is 4.74 Å². The Balaban J connectivity index is 2.05. The molecule has 1 aliphatic heterocycles. The summed E-state index contributed by atoms with van der Waals surface area (Å²) in [5, 5.41) is 0. The molecule has 0 N–H and O–H groups in total. The molecule has 2 atom stereocenters. The SMILES string of the molecule is COC[C@H]1C[C@@H](c2cccnc2)N(C)C1. The van der Waals surface area contributed by atoms with Crippen LogP contribution in [0.25, 0.3) is 0 Å². The summed E-state index contributed by atoms with van der Waals surface area (Å²) in [6.07, 6.45) is 4.97. The maximum Gasteiger partial charge on any atom is 0.0503 e. The zero-order chi connectivity index (χ0) is 10.7. The lowest BCUT2D eigenvalue weighted by molar-refractivity contribution is 0.155. The van der Waals surface area contributed by atoms with E-state index in [0.717, 1.165) is 13.2 Å². The van der Waals surface area contributed by atoms with Gasteiger partial charge in [-0.05, 0) is 31.0 Å². The van der Waals surface area contributed by atoms with Gasteiger partial charge in [-0.25, -0.2) is 0 Å². The molecule has 2 rings (SSSR count). The highest BCUT2D eigenvalue weighted by Crippen LogP contribution is 2.33. The summed E-state index contributed by atoms with van der Waals surface area (Å²) in [6, 6.07) is 4.68. The zero-order valence-corrected chi connectivity index (χ0v) is 9.39. The normalized spacial score (nSPS) is 27.1. The monoisotopic (exact) mass is 206 g/mol. The number of rotatable bonds is 3. The number of hydrogen-bond donors (Lipinski definition) is 0. The maximum atomic E-state index is 5.22. The first-order chi connectivity index (χ1) is 7.31. The molecule has 0 aliphatic carbocycles. The molecule has 0 unspecified atom stereocenters. The molecule has 1 aromatic heterocycles. The minimum atomic E-state index is 0.513. The van der Waals surface area contributed by atoms with Crippen LogP contribution in [0.5, 0.6) is 0 Å². The molecule has 1 aliphatic rings. The number of aromatic nitrogens is 1. The lowest BCUT2D eigenvalue weighted by atomic mass is 10.0. The molecule has 3 nitrogen and oxygen atoms in total. The Hall–Kier alpha value is -0.930. The summed E-state index contributed by atoms with van der Waals surface area (Å²) < 4.78 is 5.22. The third-order valence-corrected chi connectivity index (χ3v) is 3.11. The molecule has 0 bridgehead atoms. The van der Waals surface area contributed by atoms with E-state index in [0.29, 0.717) is 12.0 Å². The summed E-state index contributed by atoms with van der Waals surface area (Å²) in [4.78, 5) is 6.57. The van der Waals surface area contributed by atoms with Crippen LogP contribution in [0.15, 0.2) is 24.5 Å². The Bertz CT molecular complexity index is 302. The highest BCUT2D eigenvalue weighted by Gasteiger charge is 2.30. The van der Waals surface area contributed by atoms with E-state index < -0.39 is 0 Å². The third-order valence-electron chi connectivity index (χ3n) is 3.11. The number of methoxy groups -OCH3 is 1. The standard InChI is InChI=1S/C12H18N2O/c1-14-8-10(9-15-2)6-12(14)11-4-3-5-13-7-11/h3-5,7,10,12H,6,8-9H2,1-2H3/t10-,12-/m0/s1. The fourth-order valence-electron chi connectivity index (χ4n) is 2.42. The fourth-order valence-corrected chi connectivity index (χ4v) is 2.42. The summed E-state index contributed by atoms with van der Waals surface area (Å²) in [7, 11) is 3.95. The molecule has 0 saturated carbocycles. The van der Waals surface area contributed by atoms with Gasteiger partial charge in [-0.3, -0.25) is 9.88 Å². The van der Waals surface area contributed by atoms with Crippen LogP contribution >= 0.6 is 0 Å². The molecule has 2 heterocycles. The Kier molecular flexibility index (Phi) is 3.34. The quantitative estimate of drug-likeness (QED) is 0.753. The van der Waals surface area contributed by atoms with Crippen LogP contribution < -0.4 is 0 Å². The first-order valence-corrected chi connectivity index (χ1v) is 5.40. The van der Waals surface area contributed by atoms with Crippen LogP contribution in [0, 0.1) is 5.92 Å². The van der Waals surface area contributed by atoms with Crippen molar-refractivity contribution in [1.29, 1.82) is 0 Å². The molecule has 0 radical (unpaired) electrons. The molecule has 0 amide bonds. The Morgan fingerprint density at radius 3 is 3.13 bits per heavy atom. The van der Waals surface area contributed by atoms with E-state index in [4.69, 9.17) is 4.74 Å². The minimum Gasteiger partial charge on any atom is -0.384 e. The summed E-state index contributed by atoms with van der Waals surface area (Å²) >= 11 is 0. The molecule has 1 fully saturated rings. The Labute approximate surface area is 91.1 Å². The van der Waals surface area contributed by atoms with Crippen LogP contribution in [0.3, 0.4) is 0 Å². The topological polar surface area (TPSA) is 25.4 Å². The van der Waals surface area contributed by atoms with Crippen LogP contribution in [0.4, 0.5) is 0 Å². The molecule has 0 spiro atoms. The number of nitrogens with zero attached hydrogens (tertiary/aromatic N) is 2. The van der Waals surface area contributed by atoms with Gasteiger partial charge in [0.15, 0.2) is 0 Å². The van der Waals surface area contributed by atoms with Gasteiger partial charge in [0.05, 0.1) is 6.61 Å². The van der Waals surface area contributed by atoms with E-state index in [9.17, 15) is 0 Å². The van der Waals surface area contributed by atoms with Gasteiger partial charge in [0, 0.05) is 32.1 Å². The molecular formula is C12H18N2O. The lowest BCUT2D eigenvalue weighted by Crippen LogP contribution is -2.19. The Morgan fingerprint density at radius 2 is 2.47 bits per heavy atom. The van der Waals surface area contributed by atoms with Crippen molar-refractivity contribution in [2.75, 3.05) is 27.3 Å². The van der Waals surface area contributed by atoms with E-state index in [2.05, 4.69) is 23.0 Å². The van der Waals surface area contributed by atoms with E-state index >= 15 is 0 Å². The predicted octanol–water partition coefficient (Wildman–Crippen LogP) is 1.72. The van der Waals surface area contributed by atoms with E-state index in [1.165, 1.54) is 12.0 Å². The highest BCUT2D eigenvalue weighted by molar-refractivity contribution is 5.15. The molecule has 15 heavy (non-hydrogen) atoms. The number of ether oxygens (including phenoxy) is 1. The fraction of sp³-hybridized carbons (Fsp3) is 0.583. The van der Waals surface area contributed by atoms with Gasteiger partial charge in [-0.15, -0.1) is 0 Å². The largest absolute Gasteiger partial charge is 0.384 e. The first kappa shape index (κ1) is 10.6. The van der Waals surface area contributed by atoms with Gasteiger partial charge in [0.1, 0.15) is 0 Å². The van der Waals surface area contributed by atoms with Gasteiger partial charge in [-0.1, -0.05) is 6.07 Å². The average molecular weight is 206 g/mol. The van der Waals surface area contributed by atoms with Crippen molar-refractivity contribution in [3.8, 4) is 0 Å². The van der Waals surface area contributed by atoms with E-state index in [1.807, 2.05) is 18.5 Å². The van der Waals surface area contributed by atoms with Crippen LogP contribution in [-0.2, 0) is 4.74 Å². The van der Waals surface area contributed by atoms with E-state index in [1.54, 1.807) is 7.11 Å². The van der Waals surface area contributed by atoms with Gasteiger partial charge in [0.2, 0.25) is 0 Å². The van der Waals surface area contributed by atoms with Crippen LogP contribution in [0.2, 0.25) is 0 Å². The van der Waals surface area contributed by atoms with Crippen molar-refractivity contribution in [2.24, 2.45) is 5.92 Å². The summed E-state index contributed by atoms with van der Waals surface area (Å²) in [5.74, 6) is 0.658. The second-order valence-electron chi connectivity index (χ2n) is 4.30. The van der Waals surface area contributed by atoms with Crippen LogP contribution in [0.1, 0.15) is 18.0 Å². The lowest BCUT2D eigenvalue weighted by Gasteiger charge is -2.18. The molecule has 1 aromatic rings. The third kappa shape index (κ3) is 2.36. The smallest absolute Gasteiger partial charge is 0.0503 e. The molecule has 0 aromatic carbocycles. The minimum absolute atomic E-state index is 0.513. The van der Waals surface area contributed by atoms with Gasteiger partial charge >= 0.3 is 0 Å². The molecule has 82 valence electrons. The predicted molar refractivity (Wildman–Crippen MR) is 59.6 cm³/mol. The van der Waals surface area contributed by atoms with Crippen molar-refractivity contribution in [3.63, 3.8) is 0 Å². The summed E-state index contributed by atoms with van der Waals surface area (Å²) in [5.41, 5.74) is 1.32. The summed E-state index contributed by atoms with van der Waals surface area (Å²) in [6.45, 7) is 1.98. The maximum absolute atomic E-state index is 5.22. The van der Waals surface area contributed by atoms with Gasteiger partial charge < -0.3 is 4.74 Å². The second kappa shape index (κ2) is 4.73. The number of likely N-dealkylation sites (tertiary alicyclic amines) is 1. The highest BCUT2D eigenvalue weighted by atomic mass is 16.5. The van der Waals surface area contributed by atoms with Crippen molar-refractivity contribution in [1.82, 2.24) is 9.88 Å². The molecule has 1 saturated heterocycles. The number of hydrogen-bond acceptors (Lipinski definition) is 3. The number of pyridine rings is 1. The van der Waals surface area contributed by atoms with Crippen molar-refractivity contribution in [2.45, 2.75) is 12.5 Å². The first-order valence-electron chi connectivity index (χ1n) is 5.40. The zero-order valence-electron chi connectivity index (χ0n) is 9.39. The van der Waals surface area contributed by atoms with Crippen LogP contribution in [-0.4, -0.2) is 37.2 Å². The molecular weight excluding hydrogens is 188 g/mol. The van der Waals surface area contributed by atoms with Crippen molar-refractivity contribution in [3.05, 3.63) is 30.1 Å². The molecule has 3 heteroatoms. The van der Waals surface area contributed by atoms with Gasteiger partial charge in [0.25, 0.3) is 0 Å². The van der Waals surface area contributed by atoms with Crippen molar-refractivity contribution >= 4 is 0 Å². The average Bonchev–Trinajstić information content (AvgIpc) is 2.61. The van der Waals surface area contributed by atoms with E-state index in [-0.39, 0.29) is 0 Å².